The topological polar surface area (TPSA) is 105 Å². The average molecular weight is 469 g/mol. The van der Waals surface area contributed by atoms with Crippen molar-refractivity contribution < 1.29 is 24.2 Å². The van der Waals surface area contributed by atoms with E-state index < -0.39 is 18.1 Å². The van der Waals surface area contributed by atoms with E-state index in [0.29, 0.717) is 25.1 Å². The van der Waals surface area contributed by atoms with Gasteiger partial charge in [-0.05, 0) is 53.0 Å². The standard InChI is InChI=1S/C25H28N2O5S/c1-33-11-10-22(24(29)30)27-23(28)20-12-15(20)13-26-25(31)32-14-21-18-8-4-2-6-16(18)17-7-3-5-9-19(17)21/h2-9,15,20-22H,10-14H2,1H3,(H,26,31)(H,27,28)(H,29,30)/t15-,20-,22-/m0/s1. The van der Waals surface area contributed by atoms with Crippen LogP contribution in [0.5, 0.6) is 0 Å². The van der Waals surface area contributed by atoms with Gasteiger partial charge >= 0.3 is 12.1 Å². The maximum absolute atomic E-state index is 12.3. The predicted octanol–water partition coefficient (Wildman–Crippen LogP) is 3.48. The molecule has 3 atom stereocenters. The van der Waals surface area contributed by atoms with E-state index in [9.17, 15) is 19.5 Å². The number of rotatable bonds is 10. The summed E-state index contributed by atoms with van der Waals surface area (Å²) in [5, 5.41) is 14.6. The Labute approximate surface area is 197 Å². The number of alkyl carbamates (subject to hydrolysis) is 1. The van der Waals surface area contributed by atoms with Crippen molar-refractivity contribution in [3.05, 3.63) is 59.7 Å². The number of hydrogen-bond acceptors (Lipinski definition) is 5. The molecular formula is C25H28N2O5S. The summed E-state index contributed by atoms with van der Waals surface area (Å²) in [6, 6.07) is 15.4. The Morgan fingerprint density at radius 1 is 1.09 bits per heavy atom. The second kappa shape index (κ2) is 10.3. The number of nitrogens with one attached hydrogen (secondary N) is 2. The lowest BCUT2D eigenvalue weighted by Gasteiger charge is -2.15. The van der Waals surface area contributed by atoms with Crippen molar-refractivity contribution in [3.63, 3.8) is 0 Å². The van der Waals surface area contributed by atoms with Gasteiger partial charge in [-0.3, -0.25) is 4.79 Å². The fraction of sp³-hybridized carbons (Fsp3) is 0.400. The highest BCUT2D eigenvalue weighted by Gasteiger charge is 2.44. The fourth-order valence-electron chi connectivity index (χ4n) is 4.43. The Bertz CT molecular complexity index is 997. The van der Waals surface area contributed by atoms with Gasteiger partial charge in [0, 0.05) is 18.4 Å². The molecule has 2 amide bonds. The minimum atomic E-state index is -1.02. The number of carboxylic acids is 1. The third-order valence-electron chi connectivity index (χ3n) is 6.34. The monoisotopic (exact) mass is 468 g/mol. The quantitative estimate of drug-likeness (QED) is 0.493. The zero-order valence-electron chi connectivity index (χ0n) is 18.5. The van der Waals surface area contributed by atoms with Gasteiger partial charge in [0.25, 0.3) is 0 Å². The summed E-state index contributed by atoms with van der Waals surface area (Å²) in [5.74, 6) is -0.893. The molecule has 2 aromatic rings. The minimum Gasteiger partial charge on any atom is -0.480 e. The number of carbonyl (C=O) groups excluding carboxylic acids is 2. The molecule has 3 N–H and O–H groups in total. The van der Waals surface area contributed by atoms with E-state index in [-0.39, 0.29) is 30.3 Å². The maximum atomic E-state index is 12.3. The summed E-state index contributed by atoms with van der Waals surface area (Å²) >= 11 is 1.54. The first-order valence-corrected chi connectivity index (χ1v) is 12.5. The first-order chi connectivity index (χ1) is 16.0. The molecule has 4 rings (SSSR count). The Balaban J connectivity index is 1.24. The fourth-order valence-corrected chi connectivity index (χ4v) is 4.90. The van der Waals surface area contributed by atoms with Crippen molar-refractivity contribution in [3.8, 4) is 11.1 Å². The van der Waals surface area contributed by atoms with E-state index in [4.69, 9.17) is 4.74 Å². The molecule has 0 radical (unpaired) electrons. The molecule has 1 saturated carbocycles. The molecule has 0 bridgehead atoms. The second-order valence-corrected chi connectivity index (χ2v) is 9.48. The lowest BCUT2D eigenvalue weighted by atomic mass is 9.98. The van der Waals surface area contributed by atoms with Crippen LogP contribution in [0.15, 0.2) is 48.5 Å². The van der Waals surface area contributed by atoms with Crippen LogP contribution in [-0.4, -0.2) is 54.3 Å². The van der Waals surface area contributed by atoms with Crippen LogP contribution in [-0.2, 0) is 14.3 Å². The third kappa shape index (κ3) is 5.33. The smallest absolute Gasteiger partial charge is 0.407 e. The van der Waals surface area contributed by atoms with Crippen molar-refractivity contribution in [2.45, 2.75) is 24.8 Å². The van der Waals surface area contributed by atoms with E-state index >= 15 is 0 Å². The van der Waals surface area contributed by atoms with Crippen molar-refractivity contribution in [1.82, 2.24) is 10.6 Å². The minimum absolute atomic E-state index is 0.000442. The van der Waals surface area contributed by atoms with Gasteiger partial charge in [0.1, 0.15) is 12.6 Å². The summed E-state index contributed by atoms with van der Waals surface area (Å²) in [7, 11) is 0. The zero-order chi connectivity index (χ0) is 23.4. The summed E-state index contributed by atoms with van der Waals surface area (Å²) in [4.78, 5) is 36.0. The van der Waals surface area contributed by atoms with Crippen LogP contribution in [0.2, 0.25) is 0 Å². The third-order valence-corrected chi connectivity index (χ3v) is 6.98. The van der Waals surface area contributed by atoms with Gasteiger partial charge in [-0.2, -0.15) is 11.8 Å². The number of ether oxygens (including phenoxy) is 1. The lowest BCUT2D eigenvalue weighted by molar-refractivity contribution is -0.142. The highest BCUT2D eigenvalue weighted by Crippen LogP contribution is 2.44. The van der Waals surface area contributed by atoms with Crippen LogP contribution in [0.4, 0.5) is 4.79 Å². The van der Waals surface area contributed by atoms with Gasteiger partial charge in [0.05, 0.1) is 0 Å². The molecular weight excluding hydrogens is 440 g/mol. The first-order valence-electron chi connectivity index (χ1n) is 11.1. The number of fused-ring (bicyclic) bond motifs is 3. The Kier molecular flexibility index (Phi) is 7.23. The number of benzene rings is 2. The van der Waals surface area contributed by atoms with Crippen LogP contribution in [0.1, 0.15) is 29.9 Å². The van der Waals surface area contributed by atoms with Crippen LogP contribution in [0, 0.1) is 11.8 Å². The van der Waals surface area contributed by atoms with Crippen LogP contribution in [0.25, 0.3) is 11.1 Å². The molecule has 1 fully saturated rings. The van der Waals surface area contributed by atoms with E-state index in [2.05, 4.69) is 34.9 Å². The molecule has 2 aromatic carbocycles. The average Bonchev–Trinajstić information content (AvgIpc) is 3.54. The van der Waals surface area contributed by atoms with E-state index in [1.807, 2.05) is 30.5 Å². The predicted molar refractivity (Wildman–Crippen MR) is 127 cm³/mol. The van der Waals surface area contributed by atoms with Gasteiger partial charge in [-0.15, -0.1) is 0 Å². The molecule has 7 nitrogen and oxygen atoms in total. The molecule has 0 spiro atoms. The number of aliphatic carboxylic acids is 1. The molecule has 0 aliphatic heterocycles. The zero-order valence-corrected chi connectivity index (χ0v) is 19.3. The number of hydrogen-bond donors (Lipinski definition) is 3. The Morgan fingerprint density at radius 3 is 2.33 bits per heavy atom. The first kappa shape index (κ1) is 23.2. The van der Waals surface area contributed by atoms with E-state index in [0.717, 1.165) is 11.1 Å². The molecule has 8 heteroatoms. The molecule has 2 aliphatic rings. The van der Waals surface area contributed by atoms with Crippen molar-refractivity contribution in [1.29, 1.82) is 0 Å². The molecule has 0 aromatic heterocycles. The Morgan fingerprint density at radius 2 is 1.73 bits per heavy atom. The maximum Gasteiger partial charge on any atom is 0.407 e. The van der Waals surface area contributed by atoms with Gasteiger partial charge in [0.15, 0.2) is 0 Å². The second-order valence-electron chi connectivity index (χ2n) is 8.49. The number of amides is 2. The Hall–Kier alpha value is -3.00. The molecule has 0 saturated heterocycles. The number of thioether (sulfide) groups is 1. The van der Waals surface area contributed by atoms with E-state index in [1.54, 1.807) is 11.8 Å². The number of carbonyl (C=O) groups is 3. The lowest BCUT2D eigenvalue weighted by Crippen LogP contribution is -2.42. The van der Waals surface area contributed by atoms with Gasteiger partial charge in [-0.25, -0.2) is 9.59 Å². The molecule has 0 heterocycles. The van der Waals surface area contributed by atoms with Crippen LogP contribution in [0.3, 0.4) is 0 Å². The highest BCUT2D eigenvalue weighted by molar-refractivity contribution is 7.98. The summed E-state index contributed by atoms with van der Waals surface area (Å²) in [6.07, 6.45) is 2.40. The highest BCUT2D eigenvalue weighted by atomic mass is 32.2. The normalized spacial score (nSPS) is 19.2. The van der Waals surface area contributed by atoms with Crippen molar-refractivity contribution >= 4 is 29.7 Å². The van der Waals surface area contributed by atoms with Gasteiger partial charge in [0.2, 0.25) is 5.91 Å². The van der Waals surface area contributed by atoms with E-state index in [1.165, 1.54) is 11.1 Å². The largest absolute Gasteiger partial charge is 0.480 e. The van der Waals surface area contributed by atoms with Crippen LogP contribution < -0.4 is 10.6 Å². The molecule has 2 aliphatic carbocycles. The van der Waals surface area contributed by atoms with Crippen molar-refractivity contribution in [2.24, 2.45) is 11.8 Å². The summed E-state index contributed by atoms with van der Waals surface area (Å²) < 4.78 is 5.52. The van der Waals surface area contributed by atoms with Crippen LogP contribution >= 0.6 is 11.8 Å². The van der Waals surface area contributed by atoms with Gasteiger partial charge in [-0.1, -0.05) is 48.5 Å². The SMILES string of the molecule is CSCC[C@H](NC(=O)[C@H]1C[C@H]1CNC(=O)OCC1c2ccccc2-c2ccccc21)C(=O)O. The summed E-state index contributed by atoms with van der Waals surface area (Å²) in [6.45, 7) is 0.571. The molecule has 0 unspecified atom stereocenters. The van der Waals surface area contributed by atoms with Gasteiger partial charge < -0.3 is 20.5 Å². The summed E-state index contributed by atoms with van der Waals surface area (Å²) in [5.41, 5.74) is 4.65. The van der Waals surface area contributed by atoms with Crippen molar-refractivity contribution in [2.75, 3.05) is 25.2 Å². The molecule has 174 valence electrons. The molecule has 33 heavy (non-hydrogen) atoms. The number of carboxylic acid groups (broad SMARTS) is 1.